The van der Waals surface area contributed by atoms with Crippen molar-refractivity contribution in [1.29, 1.82) is 0 Å². The maximum atomic E-state index is 9.65. The molecule has 1 aromatic carbocycles. The summed E-state index contributed by atoms with van der Waals surface area (Å²) in [6, 6.07) is 5.65. The fraction of sp³-hybridized carbons (Fsp3) is 0.455. The van der Waals surface area contributed by atoms with Gasteiger partial charge in [0, 0.05) is 6.54 Å². The van der Waals surface area contributed by atoms with Crippen LogP contribution in [0.5, 0.6) is 5.75 Å². The Morgan fingerprint density at radius 2 is 2.36 bits per heavy atom. The maximum absolute atomic E-state index is 9.65. The normalized spacial score (nSPS) is 20.8. The van der Waals surface area contributed by atoms with Crippen molar-refractivity contribution in [3.8, 4) is 5.75 Å². The van der Waals surface area contributed by atoms with E-state index in [4.69, 9.17) is 5.73 Å². The number of aromatic hydroxyl groups is 1. The lowest BCUT2D eigenvalue weighted by atomic mass is 9.97. The van der Waals surface area contributed by atoms with E-state index in [0.717, 1.165) is 31.6 Å². The van der Waals surface area contributed by atoms with E-state index < -0.39 is 0 Å². The van der Waals surface area contributed by atoms with Crippen molar-refractivity contribution in [2.24, 2.45) is 11.7 Å². The zero-order valence-corrected chi connectivity index (χ0v) is 8.16. The molecule has 14 heavy (non-hydrogen) atoms. The van der Waals surface area contributed by atoms with Crippen molar-refractivity contribution in [3.63, 3.8) is 0 Å². The maximum Gasteiger partial charge on any atom is 0.138 e. The first-order valence-electron chi connectivity index (χ1n) is 5.06. The molecule has 1 atom stereocenters. The van der Waals surface area contributed by atoms with Gasteiger partial charge in [0.1, 0.15) is 5.75 Å². The molecule has 0 aromatic heterocycles. The summed E-state index contributed by atoms with van der Waals surface area (Å²) >= 11 is 0. The molecular formula is C11H16N2O. The number of nitrogens with two attached hydrogens (primary N) is 1. The van der Waals surface area contributed by atoms with Crippen LogP contribution < -0.4 is 11.1 Å². The third-order valence-electron chi connectivity index (χ3n) is 2.83. The highest BCUT2D eigenvalue weighted by Gasteiger charge is 2.16. The minimum absolute atomic E-state index is 0.347. The molecule has 1 aliphatic heterocycles. The number of benzene rings is 1. The van der Waals surface area contributed by atoms with Gasteiger partial charge < -0.3 is 16.2 Å². The Hall–Kier alpha value is -1.22. The smallest absolute Gasteiger partial charge is 0.138 e. The molecule has 0 bridgehead atoms. The summed E-state index contributed by atoms with van der Waals surface area (Å²) in [5.41, 5.74) is 7.75. The molecule has 2 rings (SSSR count). The van der Waals surface area contributed by atoms with E-state index >= 15 is 0 Å². The van der Waals surface area contributed by atoms with Gasteiger partial charge in [0.2, 0.25) is 0 Å². The lowest BCUT2D eigenvalue weighted by Gasteiger charge is -2.10. The predicted molar refractivity (Wildman–Crippen MR) is 57.5 cm³/mol. The summed E-state index contributed by atoms with van der Waals surface area (Å²) < 4.78 is 0. The van der Waals surface area contributed by atoms with Crippen LogP contribution in [-0.4, -0.2) is 18.2 Å². The van der Waals surface area contributed by atoms with Gasteiger partial charge >= 0.3 is 0 Å². The second-order valence-electron chi connectivity index (χ2n) is 3.83. The van der Waals surface area contributed by atoms with Crippen LogP contribution in [0.3, 0.4) is 0 Å². The van der Waals surface area contributed by atoms with Crippen molar-refractivity contribution >= 4 is 5.69 Å². The number of para-hydroxylation sites is 1. The zero-order valence-electron chi connectivity index (χ0n) is 8.16. The molecule has 0 amide bonds. The number of fused-ring (bicyclic) bond motifs is 1. The van der Waals surface area contributed by atoms with E-state index in [-0.39, 0.29) is 0 Å². The van der Waals surface area contributed by atoms with Gasteiger partial charge in [-0.15, -0.1) is 0 Å². The summed E-state index contributed by atoms with van der Waals surface area (Å²) in [5, 5.41) is 12.9. The molecule has 3 nitrogen and oxygen atoms in total. The van der Waals surface area contributed by atoms with Crippen molar-refractivity contribution in [3.05, 3.63) is 23.8 Å². The standard InChI is InChI=1S/C11H16N2O/c12-7-8-4-5-13-11-9(6-8)2-1-3-10(11)14/h1-3,8,13-14H,4-7,12H2. The first kappa shape index (κ1) is 9.34. The third-order valence-corrected chi connectivity index (χ3v) is 2.83. The average molecular weight is 192 g/mol. The fourth-order valence-corrected chi connectivity index (χ4v) is 1.98. The van der Waals surface area contributed by atoms with Crippen LogP contribution in [0.1, 0.15) is 12.0 Å². The Morgan fingerprint density at radius 1 is 1.50 bits per heavy atom. The van der Waals surface area contributed by atoms with E-state index in [2.05, 4.69) is 11.4 Å². The Balaban J connectivity index is 2.32. The van der Waals surface area contributed by atoms with Crippen LogP contribution in [0.25, 0.3) is 0 Å². The Kier molecular flexibility index (Phi) is 2.59. The molecule has 76 valence electrons. The van der Waals surface area contributed by atoms with Crippen LogP contribution in [0.15, 0.2) is 18.2 Å². The number of rotatable bonds is 1. The van der Waals surface area contributed by atoms with Crippen molar-refractivity contribution in [1.82, 2.24) is 0 Å². The molecule has 0 spiro atoms. The number of hydrogen-bond donors (Lipinski definition) is 3. The molecule has 0 radical (unpaired) electrons. The summed E-state index contributed by atoms with van der Waals surface area (Å²) in [6.07, 6.45) is 2.04. The predicted octanol–water partition coefficient (Wildman–Crippen LogP) is 1.33. The minimum Gasteiger partial charge on any atom is -0.506 e. The quantitative estimate of drug-likeness (QED) is 0.588. The highest BCUT2D eigenvalue weighted by atomic mass is 16.3. The van der Waals surface area contributed by atoms with Gasteiger partial charge in [-0.3, -0.25) is 0 Å². The first-order valence-corrected chi connectivity index (χ1v) is 5.06. The van der Waals surface area contributed by atoms with Gasteiger partial charge in [0.25, 0.3) is 0 Å². The van der Waals surface area contributed by atoms with Crippen LogP contribution in [-0.2, 0) is 6.42 Å². The molecule has 1 unspecified atom stereocenters. The Bertz CT molecular complexity index is 325. The molecule has 1 heterocycles. The summed E-state index contributed by atoms with van der Waals surface area (Å²) in [4.78, 5) is 0. The highest BCUT2D eigenvalue weighted by Crippen LogP contribution is 2.31. The number of nitrogens with one attached hydrogen (secondary N) is 1. The van der Waals surface area contributed by atoms with Gasteiger partial charge in [0.15, 0.2) is 0 Å². The molecule has 1 aromatic rings. The van der Waals surface area contributed by atoms with Gasteiger partial charge in [-0.1, -0.05) is 12.1 Å². The van der Waals surface area contributed by atoms with Crippen LogP contribution in [0.4, 0.5) is 5.69 Å². The van der Waals surface area contributed by atoms with Crippen molar-refractivity contribution < 1.29 is 5.11 Å². The van der Waals surface area contributed by atoms with Gasteiger partial charge in [-0.05, 0) is 36.9 Å². The molecule has 0 fully saturated rings. The lowest BCUT2D eigenvalue weighted by molar-refractivity contribution is 0.476. The van der Waals surface area contributed by atoms with Crippen LogP contribution in [0, 0.1) is 5.92 Å². The average Bonchev–Trinajstić information content (AvgIpc) is 2.40. The third kappa shape index (κ3) is 1.68. The fourth-order valence-electron chi connectivity index (χ4n) is 1.98. The van der Waals surface area contributed by atoms with E-state index in [1.54, 1.807) is 6.07 Å². The largest absolute Gasteiger partial charge is 0.506 e. The molecular weight excluding hydrogens is 176 g/mol. The molecule has 4 N–H and O–H groups in total. The zero-order chi connectivity index (χ0) is 9.97. The van der Waals surface area contributed by atoms with Gasteiger partial charge in [-0.2, -0.15) is 0 Å². The van der Waals surface area contributed by atoms with Crippen molar-refractivity contribution in [2.75, 3.05) is 18.4 Å². The number of hydrogen-bond acceptors (Lipinski definition) is 3. The van der Waals surface area contributed by atoms with Gasteiger partial charge in [0.05, 0.1) is 5.69 Å². The molecule has 1 aliphatic rings. The molecule has 3 heteroatoms. The number of phenols is 1. The van der Waals surface area contributed by atoms with Crippen LogP contribution in [0.2, 0.25) is 0 Å². The molecule has 0 saturated heterocycles. The topological polar surface area (TPSA) is 58.3 Å². The number of anilines is 1. The van der Waals surface area contributed by atoms with Crippen molar-refractivity contribution in [2.45, 2.75) is 12.8 Å². The van der Waals surface area contributed by atoms with E-state index in [9.17, 15) is 5.11 Å². The number of phenolic OH excluding ortho intramolecular Hbond substituents is 1. The SMILES string of the molecule is NCC1CCNc2c(O)cccc2C1. The highest BCUT2D eigenvalue weighted by molar-refractivity contribution is 5.62. The molecule has 0 saturated carbocycles. The summed E-state index contributed by atoms with van der Waals surface area (Å²) in [6.45, 7) is 1.61. The van der Waals surface area contributed by atoms with E-state index in [0.29, 0.717) is 11.7 Å². The van der Waals surface area contributed by atoms with E-state index in [1.807, 2.05) is 6.07 Å². The van der Waals surface area contributed by atoms with Crippen LogP contribution >= 0.6 is 0 Å². The second-order valence-corrected chi connectivity index (χ2v) is 3.83. The second kappa shape index (κ2) is 3.88. The summed E-state index contributed by atoms with van der Waals surface area (Å²) in [5.74, 6) is 0.880. The van der Waals surface area contributed by atoms with E-state index in [1.165, 1.54) is 5.56 Å². The Labute approximate surface area is 83.9 Å². The first-order chi connectivity index (χ1) is 6.81. The minimum atomic E-state index is 0.347. The molecule has 0 aliphatic carbocycles. The Morgan fingerprint density at radius 3 is 3.14 bits per heavy atom. The lowest BCUT2D eigenvalue weighted by Crippen LogP contribution is -2.17. The van der Waals surface area contributed by atoms with Gasteiger partial charge in [-0.25, -0.2) is 0 Å². The summed E-state index contributed by atoms with van der Waals surface area (Å²) in [7, 11) is 0. The monoisotopic (exact) mass is 192 g/mol.